The van der Waals surface area contributed by atoms with Crippen LogP contribution in [0.3, 0.4) is 0 Å². The summed E-state index contributed by atoms with van der Waals surface area (Å²) in [5, 5.41) is 0. The fraction of sp³-hybridized carbons (Fsp3) is 0.111. The van der Waals surface area contributed by atoms with E-state index in [0.717, 1.165) is 14.8 Å². The molecule has 1 aromatic rings. The van der Waals surface area contributed by atoms with E-state index in [4.69, 9.17) is 0 Å². The second kappa shape index (κ2) is 4.35. The van der Waals surface area contributed by atoms with Crippen LogP contribution in [0.25, 0.3) is 3.58 Å². The number of aromatic nitrogens is 1. The smallest absolute Gasteiger partial charge is 0.0807 e. The summed E-state index contributed by atoms with van der Waals surface area (Å²) in [5.74, 6) is 0. The van der Waals surface area contributed by atoms with Crippen LogP contribution in [0.2, 0.25) is 0 Å². The molecule has 1 aromatic heterocycles. The van der Waals surface area contributed by atoms with E-state index in [1.165, 1.54) is 0 Å². The normalized spacial score (nSPS) is 11.3. The van der Waals surface area contributed by atoms with Crippen molar-refractivity contribution in [2.24, 2.45) is 4.99 Å². The van der Waals surface area contributed by atoms with Crippen LogP contribution >= 0.6 is 22.6 Å². The predicted octanol–water partition coefficient (Wildman–Crippen LogP) is 2.82. The van der Waals surface area contributed by atoms with Gasteiger partial charge < -0.3 is 0 Å². The van der Waals surface area contributed by atoms with Gasteiger partial charge in [0.15, 0.2) is 0 Å². The van der Waals surface area contributed by atoms with Crippen molar-refractivity contribution in [1.82, 2.24) is 4.98 Å². The number of hydrogen-bond donors (Lipinski definition) is 0. The summed E-state index contributed by atoms with van der Waals surface area (Å²) in [7, 11) is 0. The predicted molar refractivity (Wildman–Crippen MR) is 60.5 cm³/mol. The highest BCUT2D eigenvalue weighted by atomic mass is 127. The van der Waals surface area contributed by atoms with Crippen LogP contribution < -0.4 is 0 Å². The van der Waals surface area contributed by atoms with Gasteiger partial charge in [0.25, 0.3) is 0 Å². The fourth-order valence-electron chi connectivity index (χ4n) is 0.877. The second-order valence-electron chi connectivity index (χ2n) is 2.33. The van der Waals surface area contributed by atoms with Crippen LogP contribution in [0.4, 0.5) is 0 Å². The molecule has 1 heterocycles. The standard InChI is InChI=1S/C9H9IN2/c1-7-4-3-5-12-9(7)8(10)6-11-2/h3-6H,2H2,1H3/b8-6+. The van der Waals surface area contributed by atoms with Crippen LogP contribution in [0.5, 0.6) is 0 Å². The molecule has 2 nitrogen and oxygen atoms in total. The molecule has 0 bridgehead atoms. The average Bonchev–Trinajstić information content (AvgIpc) is 2.05. The Kier molecular flexibility index (Phi) is 3.40. The van der Waals surface area contributed by atoms with Gasteiger partial charge in [-0.15, -0.1) is 0 Å². The third-order valence-corrected chi connectivity index (χ3v) is 2.23. The number of pyridine rings is 1. The molecule has 0 N–H and O–H groups in total. The van der Waals surface area contributed by atoms with Gasteiger partial charge in [-0.25, -0.2) is 0 Å². The first-order valence-corrected chi connectivity index (χ1v) is 4.57. The average molecular weight is 272 g/mol. The van der Waals surface area contributed by atoms with Crippen LogP contribution in [0, 0.1) is 6.92 Å². The monoisotopic (exact) mass is 272 g/mol. The summed E-state index contributed by atoms with van der Waals surface area (Å²) < 4.78 is 1.01. The number of nitrogens with zero attached hydrogens (tertiary/aromatic N) is 2. The molecular formula is C9H9IN2. The van der Waals surface area contributed by atoms with Gasteiger partial charge in [0, 0.05) is 12.4 Å². The van der Waals surface area contributed by atoms with Crippen molar-refractivity contribution in [3.05, 3.63) is 35.8 Å². The van der Waals surface area contributed by atoms with Gasteiger partial charge in [0.05, 0.1) is 9.27 Å². The minimum atomic E-state index is 0.977. The number of aliphatic imine (C=N–C) groups is 1. The topological polar surface area (TPSA) is 25.2 Å². The number of halogens is 1. The van der Waals surface area contributed by atoms with E-state index in [1.807, 2.05) is 19.1 Å². The number of hydrogen-bond acceptors (Lipinski definition) is 2. The minimum absolute atomic E-state index is 0.977. The van der Waals surface area contributed by atoms with Crippen molar-refractivity contribution in [3.8, 4) is 0 Å². The third-order valence-electron chi connectivity index (χ3n) is 1.44. The Hall–Kier alpha value is -0.710. The Balaban J connectivity index is 3.10. The molecule has 0 aliphatic carbocycles. The Morgan fingerprint density at radius 2 is 2.50 bits per heavy atom. The molecule has 0 amide bonds. The fourth-order valence-corrected chi connectivity index (χ4v) is 1.64. The molecule has 0 radical (unpaired) electrons. The van der Waals surface area contributed by atoms with Crippen molar-refractivity contribution in [2.45, 2.75) is 6.92 Å². The molecule has 0 unspecified atom stereocenters. The molecule has 3 heteroatoms. The summed E-state index contributed by atoms with van der Waals surface area (Å²) in [6, 6.07) is 3.95. The molecule has 0 saturated heterocycles. The first kappa shape index (κ1) is 9.38. The first-order chi connectivity index (χ1) is 5.75. The molecule has 12 heavy (non-hydrogen) atoms. The zero-order valence-electron chi connectivity index (χ0n) is 6.79. The molecule has 62 valence electrons. The van der Waals surface area contributed by atoms with Gasteiger partial charge in [-0.05, 0) is 47.9 Å². The van der Waals surface area contributed by atoms with Gasteiger partial charge in [0.1, 0.15) is 0 Å². The molecule has 1 rings (SSSR count). The van der Waals surface area contributed by atoms with E-state index >= 15 is 0 Å². The maximum Gasteiger partial charge on any atom is 0.0807 e. The van der Waals surface area contributed by atoms with E-state index in [1.54, 1.807) is 12.4 Å². The molecule has 0 atom stereocenters. The largest absolute Gasteiger partial charge is 0.271 e. The molecule has 0 aliphatic rings. The summed E-state index contributed by atoms with van der Waals surface area (Å²) >= 11 is 2.20. The van der Waals surface area contributed by atoms with Crippen molar-refractivity contribution in [2.75, 3.05) is 0 Å². The Morgan fingerprint density at radius 3 is 3.08 bits per heavy atom. The number of rotatable bonds is 2. The van der Waals surface area contributed by atoms with Crippen LogP contribution in [-0.4, -0.2) is 11.7 Å². The van der Waals surface area contributed by atoms with Gasteiger partial charge in [-0.3, -0.25) is 9.98 Å². The molecule has 0 fully saturated rings. The summed E-state index contributed by atoms with van der Waals surface area (Å²) in [6.45, 7) is 5.42. The maximum atomic E-state index is 4.23. The van der Waals surface area contributed by atoms with E-state index in [-0.39, 0.29) is 0 Å². The Bertz CT molecular complexity index is 318. The first-order valence-electron chi connectivity index (χ1n) is 3.49. The van der Waals surface area contributed by atoms with E-state index in [0.29, 0.717) is 0 Å². The molecule has 0 aromatic carbocycles. The van der Waals surface area contributed by atoms with Crippen LogP contribution in [0.15, 0.2) is 29.5 Å². The van der Waals surface area contributed by atoms with Crippen LogP contribution in [0.1, 0.15) is 11.3 Å². The molecular weight excluding hydrogens is 263 g/mol. The minimum Gasteiger partial charge on any atom is -0.271 e. The lowest BCUT2D eigenvalue weighted by molar-refractivity contribution is 1.23. The highest BCUT2D eigenvalue weighted by Crippen LogP contribution is 2.22. The summed E-state index contributed by atoms with van der Waals surface area (Å²) in [5.41, 5.74) is 2.13. The quantitative estimate of drug-likeness (QED) is 0.600. The summed E-state index contributed by atoms with van der Waals surface area (Å²) in [6.07, 6.45) is 3.48. The SMILES string of the molecule is C=N/C=C(/I)c1ncccc1C. The Labute approximate surface area is 85.6 Å². The van der Waals surface area contributed by atoms with E-state index < -0.39 is 0 Å². The van der Waals surface area contributed by atoms with E-state index in [2.05, 4.69) is 39.3 Å². The van der Waals surface area contributed by atoms with Gasteiger partial charge >= 0.3 is 0 Å². The highest BCUT2D eigenvalue weighted by Gasteiger charge is 2.00. The lowest BCUT2D eigenvalue weighted by Crippen LogP contribution is -1.86. The van der Waals surface area contributed by atoms with Crippen molar-refractivity contribution < 1.29 is 0 Å². The second-order valence-corrected chi connectivity index (χ2v) is 3.49. The number of aryl methyl sites for hydroxylation is 1. The Morgan fingerprint density at radius 1 is 1.75 bits per heavy atom. The van der Waals surface area contributed by atoms with Crippen molar-refractivity contribution >= 4 is 32.9 Å². The van der Waals surface area contributed by atoms with Crippen molar-refractivity contribution in [1.29, 1.82) is 0 Å². The molecule has 0 aliphatic heterocycles. The van der Waals surface area contributed by atoms with Crippen LogP contribution in [-0.2, 0) is 0 Å². The van der Waals surface area contributed by atoms with Gasteiger partial charge in [-0.2, -0.15) is 0 Å². The summed E-state index contributed by atoms with van der Waals surface area (Å²) in [4.78, 5) is 7.93. The van der Waals surface area contributed by atoms with Gasteiger partial charge in [0.2, 0.25) is 0 Å². The van der Waals surface area contributed by atoms with Crippen molar-refractivity contribution in [3.63, 3.8) is 0 Å². The zero-order valence-corrected chi connectivity index (χ0v) is 8.95. The lowest BCUT2D eigenvalue weighted by Gasteiger charge is -2.00. The third kappa shape index (κ3) is 2.14. The molecule has 0 spiro atoms. The zero-order chi connectivity index (χ0) is 8.97. The molecule has 0 saturated carbocycles. The lowest BCUT2D eigenvalue weighted by atomic mass is 10.2. The van der Waals surface area contributed by atoms with Gasteiger partial charge in [-0.1, -0.05) is 6.07 Å². The van der Waals surface area contributed by atoms with E-state index in [9.17, 15) is 0 Å². The highest BCUT2D eigenvalue weighted by molar-refractivity contribution is 14.1. The maximum absolute atomic E-state index is 4.23.